The second kappa shape index (κ2) is 19.3. The Kier molecular flexibility index (Phi) is 27.4. The van der Waals surface area contributed by atoms with Gasteiger partial charge in [-0.05, 0) is 20.6 Å². The normalized spacial score (nSPS) is 9.95. The largest absolute Gasteiger partial charge is 3.00 e. The number of hydrogen-bond acceptors (Lipinski definition) is 1. The number of nitrogens with zero attached hydrogens (tertiary/aromatic N) is 1. The smallest absolute Gasteiger partial charge is 1.00 e. The molecule has 1 nitrogen and oxygen atoms in total. The van der Waals surface area contributed by atoms with Crippen molar-refractivity contribution in [3.8, 4) is 0 Å². The van der Waals surface area contributed by atoms with Crippen molar-refractivity contribution in [1.29, 1.82) is 0 Å². The third kappa shape index (κ3) is 16.3. The van der Waals surface area contributed by atoms with Crippen LogP contribution < -0.4 is 37.2 Å². The van der Waals surface area contributed by atoms with E-state index in [9.17, 15) is 0 Å². The van der Waals surface area contributed by atoms with E-state index in [-0.39, 0.29) is 63.4 Å². The molecule has 0 atom stereocenters. The average molecular weight is 411 g/mol. The van der Waals surface area contributed by atoms with E-state index in [0.717, 1.165) is 13.0 Å². The van der Waals surface area contributed by atoms with Crippen molar-refractivity contribution in [3.05, 3.63) is 66.6 Å². The predicted molar refractivity (Wildman–Crippen MR) is 70.0 cm³/mol. The molecule has 0 saturated carbocycles. The molecule has 0 fully saturated rings. The van der Waals surface area contributed by atoms with Crippen LogP contribution in [-0.4, -0.2) is 25.5 Å². The molecule has 1 aromatic rings. The fraction of sp³-hybridized carbons (Fsp3) is 0.267. The molecule has 1 radical (unpaired) electrons. The molecule has 0 spiro atoms. The minimum absolute atomic E-state index is 0. The third-order valence-electron chi connectivity index (χ3n) is 2.08. The van der Waals surface area contributed by atoms with Crippen molar-refractivity contribution in [3.63, 3.8) is 0 Å². The molecule has 0 heterocycles. The van der Waals surface area contributed by atoms with Crippen molar-refractivity contribution in [2.45, 2.75) is 6.42 Å². The Hall–Kier alpha value is 0.283. The second-order valence-corrected chi connectivity index (χ2v) is 3.88. The van der Waals surface area contributed by atoms with Gasteiger partial charge in [-0.25, -0.2) is 12.2 Å². The zero-order chi connectivity index (χ0) is 11.6. The van der Waals surface area contributed by atoms with Crippen LogP contribution in [0.1, 0.15) is 12.0 Å². The van der Waals surface area contributed by atoms with Crippen molar-refractivity contribution >= 4 is 0 Å². The maximum absolute atomic E-state index is 2.99. The molecular formula is C15H19Cl3NZr-2. The van der Waals surface area contributed by atoms with Gasteiger partial charge in [-0.1, -0.05) is 6.07 Å². The summed E-state index contributed by atoms with van der Waals surface area (Å²) in [4.78, 5) is 2.15. The van der Waals surface area contributed by atoms with E-state index in [1.165, 1.54) is 5.56 Å². The van der Waals surface area contributed by atoms with Gasteiger partial charge in [0.05, 0.1) is 0 Å². The van der Waals surface area contributed by atoms with Crippen LogP contribution >= 0.6 is 0 Å². The van der Waals surface area contributed by atoms with E-state index in [4.69, 9.17) is 0 Å². The zero-order valence-corrected chi connectivity index (χ0v) is 16.4. The van der Waals surface area contributed by atoms with Crippen molar-refractivity contribution in [2.24, 2.45) is 0 Å². The summed E-state index contributed by atoms with van der Waals surface area (Å²) in [5.41, 5.74) is 1.29. The fourth-order valence-electron chi connectivity index (χ4n) is 1.22. The molecule has 1 aliphatic rings. The van der Waals surface area contributed by atoms with Gasteiger partial charge in [0.2, 0.25) is 0 Å². The number of benzene rings is 1. The Morgan fingerprint density at radius 1 is 1.10 bits per heavy atom. The molecule has 1 aromatic carbocycles. The number of rotatable bonds is 3. The van der Waals surface area contributed by atoms with Crippen LogP contribution in [0.4, 0.5) is 0 Å². The fourth-order valence-corrected chi connectivity index (χ4v) is 1.22. The summed E-state index contributed by atoms with van der Waals surface area (Å²) in [5, 5.41) is 0. The van der Waals surface area contributed by atoms with Crippen LogP contribution in [0.3, 0.4) is 0 Å². The molecular weight excluding hydrogens is 392 g/mol. The topological polar surface area (TPSA) is 3.24 Å². The van der Waals surface area contributed by atoms with Gasteiger partial charge in [0.15, 0.2) is 0 Å². The number of halogens is 3. The summed E-state index contributed by atoms with van der Waals surface area (Å²) in [7, 11) is 4.14. The summed E-state index contributed by atoms with van der Waals surface area (Å²) >= 11 is 0. The van der Waals surface area contributed by atoms with Crippen molar-refractivity contribution in [2.75, 3.05) is 20.6 Å². The first-order valence-corrected chi connectivity index (χ1v) is 5.54. The molecule has 5 heteroatoms. The van der Waals surface area contributed by atoms with E-state index in [1.807, 2.05) is 18.2 Å². The molecule has 20 heavy (non-hydrogen) atoms. The van der Waals surface area contributed by atoms with E-state index >= 15 is 0 Å². The monoisotopic (exact) mass is 408 g/mol. The molecule has 0 aromatic heterocycles. The van der Waals surface area contributed by atoms with Gasteiger partial charge in [0, 0.05) is 0 Å². The molecule has 0 N–H and O–H groups in total. The quantitative estimate of drug-likeness (QED) is 0.449. The van der Waals surface area contributed by atoms with Crippen LogP contribution in [0.5, 0.6) is 0 Å². The summed E-state index contributed by atoms with van der Waals surface area (Å²) in [5.74, 6) is 0. The maximum atomic E-state index is 2.99. The van der Waals surface area contributed by atoms with Crippen LogP contribution in [0.15, 0.2) is 48.6 Å². The molecule has 0 bridgehead atoms. The number of allylic oxidation sites excluding steroid dienone is 4. The predicted octanol–water partition coefficient (Wildman–Crippen LogP) is -5.88. The first-order chi connectivity index (χ1) is 7.79. The number of hydrogen-bond donors (Lipinski definition) is 0. The minimum Gasteiger partial charge on any atom is -1.00 e. The summed E-state index contributed by atoms with van der Waals surface area (Å²) in [6, 6.07) is 10.4. The summed E-state index contributed by atoms with van der Waals surface area (Å²) in [6.45, 7) is 1.00. The van der Waals surface area contributed by atoms with E-state index in [2.05, 4.69) is 61.8 Å². The van der Waals surface area contributed by atoms with E-state index in [0.29, 0.717) is 0 Å². The van der Waals surface area contributed by atoms with Crippen LogP contribution in [-0.2, 0) is 26.2 Å². The Morgan fingerprint density at radius 3 is 2.05 bits per heavy atom. The molecule has 0 aliphatic heterocycles. The first kappa shape index (κ1) is 28.4. The van der Waals surface area contributed by atoms with Gasteiger partial charge in [-0.15, -0.1) is 18.6 Å². The molecule has 111 valence electrons. The molecule has 0 unspecified atom stereocenters. The molecule has 0 saturated heterocycles. The Balaban J connectivity index is -0.000000124. The van der Waals surface area contributed by atoms with Gasteiger partial charge in [0.1, 0.15) is 0 Å². The van der Waals surface area contributed by atoms with Gasteiger partial charge in [0.25, 0.3) is 0 Å². The van der Waals surface area contributed by atoms with E-state index < -0.39 is 0 Å². The summed E-state index contributed by atoms with van der Waals surface area (Å²) < 4.78 is 0. The SMILES string of the molecule is CN(C)C[CH-]c1ccccc1.[C-]1=CC=CC1.[Cl-].[Cl-].[Cl-].[Zr+3]. The van der Waals surface area contributed by atoms with Gasteiger partial charge in [-0.2, -0.15) is 30.2 Å². The second-order valence-electron chi connectivity index (χ2n) is 3.88. The van der Waals surface area contributed by atoms with Gasteiger partial charge in [-0.3, -0.25) is 6.08 Å². The van der Waals surface area contributed by atoms with Crippen LogP contribution in [0, 0.1) is 12.5 Å². The third-order valence-corrected chi connectivity index (χ3v) is 2.08. The van der Waals surface area contributed by atoms with Gasteiger partial charge >= 0.3 is 26.2 Å². The Labute approximate surface area is 161 Å². The Bertz CT molecular complexity index is 330. The minimum atomic E-state index is 0. The van der Waals surface area contributed by atoms with Crippen LogP contribution in [0.25, 0.3) is 0 Å². The Morgan fingerprint density at radius 2 is 1.70 bits per heavy atom. The van der Waals surface area contributed by atoms with E-state index in [1.54, 1.807) is 0 Å². The zero-order valence-electron chi connectivity index (χ0n) is 11.7. The molecule has 0 amide bonds. The molecule has 2 rings (SSSR count). The maximum Gasteiger partial charge on any atom is 3.00 e. The summed E-state index contributed by atoms with van der Waals surface area (Å²) in [6.07, 6.45) is 12.2. The van der Waals surface area contributed by atoms with Crippen molar-refractivity contribution < 1.29 is 63.4 Å². The van der Waals surface area contributed by atoms with Gasteiger partial charge < -0.3 is 42.1 Å². The number of likely N-dealkylation sites (N-methyl/N-ethyl adjacent to an activating group) is 1. The molecule has 1 aliphatic carbocycles. The average Bonchev–Trinajstić information content (AvgIpc) is 2.86. The standard InChI is InChI=1S/C10H14N.C5H5.3ClH.Zr/c1-11(2)9-8-10-6-4-3-5-7-10;1-2-4-5-3-1;;;;/h3-8H,9H2,1-2H3;1-3H,4H2;3*1H;/q2*-1;;;;+3/p-3. The first-order valence-electron chi connectivity index (χ1n) is 5.54. The van der Waals surface area contributed by atoms with Crippen molar-refractivity contribution in [1.82, 2.24) is 4.90 Å². The van der Waals surface area contributed by atoms with Crippen LogP contribution in [0.2, 0.25) is 0 Å².